The molecule has 0 bridgehead atoms. The molecule has 88 valence electrons. The predicted molar refractivity (Wildman–Crippen MR) is 61.9 cm³/mol. The molecule has 1 rings (SSSR count). The number of carbonyl (C=O) groups is 1. The van der Waals surface area contributed by atoms with E-state index < -0.39 is 12.0 Å². The quantitative estimate of drug-likeness (QED) is 0.753. The molecule has 0 radical (unpaired) electrons. The van der Waals surface area contributed by atoms with Gasteiger partial charge in [-0.05, 0) is 31.0 Å². The minimum Gasteiger partial charge on any atom is -0.507 e. The van der Waals surface area contributed by atoms with Crippen LogP contribution >= 0.6 is 11.6 Å². The van der Waals surface area contributed by atoms with Crippen LogP contribution in [0.25, 0.3) is 0 Å². The minimum atomic E-state index is -1.10. The SMILES string of the molecule is Cc1cc(Cl)c(C)c(CC(N)C(=O)O)c1O. The average Bonchev–Trinajstić information content (AvgIpc) is 2.21. The van der Waals surface area contributed by atoms with Crippen LogP contribution in [0.1, 0.15) is 16.7 Å². The van der Waals surface area contributed by atoms with Gasteiger partial charge < -0.3 is 15.9 Å². The largest absolute Gasteiger partial charge is 0.507 e. The molecule has 1 aromatic rings. The molecule has 1 atom stereocenters. The van der Waals surface area contributed by atoms with Crippen molar-refractivity contribution < 1.29 is 15.0 Å². The molecule has 0 spiro atoms. The van der Waals surface area contributed by atoms with Crippen LogP contribution in [0.4, 0.5) is 0 Å². The van der Waals surface area contributed by atoms with Gasteiger partial charge in [0.25, 0.3) is 0 Å². The number of carboxylic acid groups (broad SMARTS) is 1. The number of benzene rings is 1. The lowest BCUT2D eigenvalue weighted by Crippen LogP contribution is -2.32. The number of carboxylic acids is 1. The van der Waals surface area contributed by atoms with Crippen LogP contribution in [0.15, 0.2) is 6.07 Å². The fourth-order valence-electron chi connectivity index (χ4n) is 1.48. The van der Waals surface area contributed by atoms with Gasteiger partial charge in [0.15, 0.2) is 0 Å². The third kappa shape index (κ3) is 2.46. The Bertz CT molecular complexity index is 405. The maximum absolute atomic E-state index is 10.7. The average molecular weight is 244 g/mol. The molecule has 1 unspecified atom stereocenters. The summed E-state index contributed by atoms with van der Waals surface area (Å²) < 4.78 is 0. The molecular formula is C11H14ClNO3. The Kier molecular flexibility index (Phi) is 3.78. The fraction of sp³-hybridized carbons (Fsp3) is 0.364. The molecule has 16 heavy (non-hydrogen) atoms. The molecule has 4 N–H and O–H groups in total. The van der Waals surface area contributed by atoms with Crippen LogP contribution in [-0.4, -0.2) is 22.2 Å². The van der Waals surface area contributed by atoms with Gasteiger partial charge >= 0.3 is 5.97 Å². The first-order valence-electron chi connectivity index (χ1n) is 4.80. The van der Waals surface area contributed by atoms with Gasteiger partial charge in [-0.1, -0.05) is 11.6 Å². The standard InChI is InChI=1S/C11H14ClNO3/c1-5-3-8(12)6(2)7(10(5)14)4-9(13)11(15)16/h3,9,14H,4,13H2,1-2H3,(H,15,16). The summed E-state index contributed by atoms with van der Waals surface area (Å²) in [5.41, 5.74) is 7.21. The van der Waals surface area contributed by atoms with Crippen molar-refractivity contribution in [2.75, 3.05) is 0 Å². The number of aryl methyl sites for hydroxylation is 1. The van der Waals surface area contributed by atoms with Crippen molar-refractivity contribution in [3.8, 4) is 5.75 Å². The van der Waals surface area contributed by atoms with Crippen LogP contribution in [0, 0.1) is 13.8 Å². The lowest BCUT2D eigenvalue weighted by atomic mass is 9.97. The molecule has 0 saturated carbocycles. The van der Waals surface area contributed by atoms with Gasteiger partial charge in [0.1, 0.15) is 11.8 Å². The highest BCUT2D eigenvalue weighted by Crippen LogP contribution is 2.31. The van der Waals surface area contributed by atoms with Crippen molar-refractivity contribution >= 4 is 17.6 Å². The Labute approximate surface area is 98.6 Å². The normalized spacial score (nSPS) is 12.5. The Balaban J connectivity index is 3.17. The fourth-order valence-corrected chi connectivity index (χ4v) is 1.76. The second-order valence-corrected chi connectivity index (χ2v) is 4.18. The Morgan fingerprint density at radius 2 is 2.12 bits per heavy atom. The maximum Gasteiger partial charge on any atom is 0.320 e. The monoisotopic (exact) mass is 243 g/mol. The molecule has 0 fully saturated rings. The van der Waals surface area contributed by atoms with E-state index in [0.29, 0.717) is 21.7 Å². The van der Waals surface area contributed by atoms with Crippen LogP contribution in [-0.2, 0) is 11.2 Å². The van der Waals surface area contributed by atoms with Crippen molar-refractivity contribution in [1.29, 1.82) is 0 Å². The molecule has 1 aromatic carbocycles. The summed E-state index contributed by atoms with van der Waals surface area (Å²) in [5, 5.41) is 19.1. The number of hydrogen-bond acceptors (Lipinski definition) is 3. The Morgan fingerprint density at radius 1 is 1.56 bits per heavy atom. The van der Waals surface area contributed by atoms with E-state index in [2.05, 4.69) is 0 Å². The zero-order valence-corrected chi connectivity index (χ0v) is 9.88. The van der Waals surface area contributed by atoms with Crippen molar-refractivity contribution in [2.24, 2.45) is 5.73 Å². The van der Waals surface area contributed by atoms with Crippen LogP contribution in [0.5, 0.6) is 5.75 Å². The number of aliphatic carboxylic acids is 1. The number of nitrogens with two attached hydrogens (primary N) is 1. The van der Waals surface area contributed by atoms with Gasteiger partial charge in [-0.15, -0.1) is 0 Å². The first-order chi connectivity index (χ1) is 7.34. The lowest BCUT2D eigenvalue weighted by Gasteiger charge is -2.14. The summed E-state index contributed by atoms with van der Waals surface area (Å²) in [6.45, 7) is 3.43. The molecule has 0 aliphatic rings. The van der Waals surface area contributed by atoms with Gasteiger partial charge in [0.05, 0.1) is 0 Å². The number of rotatable bonds is 3. The highest BCUT2D eigenvalue weighted by atomic mass is 35.5. The first kappa shape index (κ1) is 12.8. The molecule has 0 aromatic heterocycles. The van der Waals surface area contributed by atoms with Crippen molar-refractivity contribution in [2.45, 2.75) is 26.3 Å². The number of halogens is 1. The topological polar surface area (TPSA) is 83.6 Å². The maximum atomic E-state index is 10.7. The highest BCUT2D eigenvalue weighted by Gasteiger charge is 2.18. The van der Waals surface area contributed by atoms with E-state index in [-0.39, 0.29) is 12.2 Å². The van der Waals surface area contributed by atoms with Gasteiger partial charge in [-0.25, -0.2) is 0 Å². The summed E-state index contributed by atoms with van der Waals surface area (Å²) in [6, 6.07) is 0.602. The second-order valence-electron chi connectivity index (χ2n) is 3.78. The van der Waals surface area contributed by atoms with Crippen LogP contribution < -0.4 is 5.73 Å². The Morgan fingerprint density at radius 3 is 2.62 bits per heavy atom. The third-order valence-electron chi connectivity index (χ3n) is 2.55. The number of aromatic hydroxyl groups is 1. The molecule has 4 nitrogen and oxygen atoms in total. The summed E-state index contributed by atoms with van der Waals surface area (Å²) in [7, 11) is 0. The summed E-state index contributed by atoms with van der Waals surface area (Å²) in [4.78, 5) is 10.7. The molecule has 0 saturated heterocycles. The van der Waals surface area contributed by atoms with E-state index in [4.69, 9.17) is 22.4 Å². The zero-order chi connectivity index (χ0) is 12.5. The third-order valence-corrected chi connectivity index (χ3v) is 2.95. The molecule has 5 heteroatoms. The number of phenols is 1. The van der Waals surface area contributed by atoms with E-state index in [9.17, 15) is 9.90 Å². The van der Waals surface area contributed by atoms with E-state index in [1.165, 1.54) is 0 Å². The molecular weight excluding hydrogens is 230 g/mol. The smallest absolute Gasteiger partial charge is 0.320 e. The summed E-state index contributed by atoms with van der Waals surface area (Å²) in [6.07, 6.45) is 0.0639. The van der Waals surface area contributed by atoms with E-state index >= 15 is 0 Å². The molecule has 0 aliphatic heterocycles. The van der Waals surface area contributed by atoms with Crippen LogP contribution in [0.3, 0.4) is 0 Å². The van der Waals surface area contributed by atoms with Gasteiger partial charge in [-0.2, -0.15) is 0 Å². The first-order valence-corrected chi connectivity index (χ1v) is 5.18. The molecule has 0 amide bonds. The molecule has 0 heterocycles. The van der Waals surface area contributed by atoms with Crippen molar-refractivity contribution in [3.63, 3.8) is 0 Å². The lowest BCUT2D eigenvalue weighted by molar-refractivity contribution is -0.138. The second kappa shape index (κ2) is 4.72. The van der Waals surface area contributed by atoms with Crippen molar-refractivity contribution in [3.05, 3.63) is 27.8 Å². The van der Waals surface area contributed by atoms with Crippen LogP contribution in [0.2, 0.25) is 5.02 Å². The van der Waals surface area contributed by atoms with E-state index in [0.717, 1.165) is 0 Å². The highest BCUT2D eigenvalue weighted by molar-refractivity contribution is 6.31. The number of phenolic OH excluding ortho intramolecular Hbond substituents is 1. The van der Waals surface area contributed by atoms with Gasteiger partial charge in [0, 0.05) is 17.0 Å². The minimum absolute atomic E-state index is 0.0639. The summed E-state index contributed by atoms with van der Waals surface area (Å²) in [5.74, 6) is -1.03. The number of hydrogen-bond donors (Lipinski definition) is 3. The summed E-state index contributed by atoms with van der Waals surface area (Å²) >= 11 is 5.95. The Hall–Kier alpha value is -1.26. The van der Waals surface area contributed by atoms with Gasteiger partial charge in [-0.3, -0.25) is 4.79 Å². The predicted octanol–water partition coefficient (Wildman–Crippen LogP) is 1.62. The van der Waals surface area contributed by atoms with Crippen molar-refractivity contribution in [1.82, 2.24) is 0 Å². The zero-order valence-electron chi connectivity index (χ0n) is 9.12. The van der Waals surface area contributed by atoms with E-state index in [1.807, 2.05) is 0 Å². The van der Waals surface area contributed by atoms with E-state index in [1.54, 1.807) is 19.9 Å². The molecule has 0 aliphatic carbocycles. The van der Waals surface area contributed by atoms with Gasteiger partial charge in [0.2, 0.25) is 0 Å².